The number of fused-ring (bicyclic) bond motifs is 1. The third kappa shape index (κ3) is 4.24. The molecule has 2 aromatic carbocycles. The molecular weight excluding hydrogens is 459 g/mol. The summed E-state index contributed by atoms with van der Waals surface area (Å²) in [4.78, 5) is 23.8. The van der Waals surface area contributed by atoms with Gasteiger partial charge >= 0.3 is 5.97 Å². The lowest BCUT2D eigenvalue weighted by Gasteiger charge is -2.28. The molecule has 172 valence electrons. The Morgan fingerprint density at radius 1 is 1.15 bits per heavy atom. The van der Waals surface area contributed by atoms with Gasteiger partial charge in [0, 0.05) is 40.9 Å². The summed E-state index contributed by atoms with van der Waals surface area (Å²) in [6.07, 6.45) is 2.09. The van der Waals surface area contributed by atoms with Gasteiger partial charge in [-0.1, -0.05) is 16.8 Å². The third-order valence-electron chi connectivity index (χ3n) is 5.61. The van der Waals surface area contributed by atoms with E-state index < -0.39 is 5.97 Å². The van der Waals surface area contributed by atoms with E-state index in [0.717, 1.165) is 22.4 Å². The molecule has 0 fully saturated rings. The van der Waals surface area contributed by atoms with Crippen LogP contribution in [0.2, 0.25) is 5.02 Å². The van der Waals surface area contributed by atoms with Gasteiger partial charge in [-0.25, -0.2) is 19.2 Å². The molecule has 0 N–H and O–H groups in total. The van der Waals surface area contributed by atoms with Gasteiger partial charge in [0.15, 0.2) is 11.6 Å². The maximum absolute atomic E-state index is 13.4. The number of carbonyl (C=O) groups excluding carboxylic acids is 1. The zero-order chi connectivity index (χ0) is 23.7. The summed E-state index contributed by atoms with van der Waals surface area (Å²) in [6.45, 7) is 2.97. The number of esters is 1. The second kappa shape index (κ2) is 9.23. The lowest BCUT2D eigenvalue weighted by atomic mass is 10.0. The van der Waals surface area contributed by atoms with E-state index in [-0.39, 0.29) is 18.0 Å². The minimum atomic E-state index is -0.491. The van der Waals surface area contributed by atoms with Crippen molar-refractivity contribution < 1.29 is 18.4 Å². The number of aromatic nitrogens is 3. The minimum absolute atomic E-state index is 0.238. The van der Waals surface area contributed by atoms with Crippen molar-refractivity contribution in [3.05, 3.63) is 82.4 Å². The molecule has 0 saturated carbocycles. The largest absolute Gasteiger partial charge is 0.462 e. The molecule has 0 unspecified atom stereocenters. The topological polar surface area (TPSA) is 81.4 Å². The first-order valence-corrected chi connectivity index (χ1v) is 11.2. The number of anilines is 1. The molecule has 0 aliphatic carbocycles. The first-order chi connectivity index (χ1) is 16.5. The Balaban J connectivity index is 1.54. The van der Waals surface area contributed by atoms with Crippen molar-refractivity contribution >= 4 is 23.4 Å². The van der Waals surface area contributed by atoms with Gasteiger partial charge in [-0.3, -0.25) is 0 Å². The fourth-order valence-corrected chi connectivity index (χ4v) is 4.05. The van der Waals surface area contributed by atoms with E-state index in [1.165, 1.54) is 18.3 Å². The van der Waals surface area contributed by atoms with Crippen LogP contribution in [-0.2, 0) is 17.7 Å². The average molecular weight is 479 g/mol. The van der Waals surface area contributed by atoms with E-state index in [9.17, 15) is 9.18 Å². The molecule has 7 nitrogen and oxygen atoms in total. The predicted octanol–water partition coefficient (Wildman–Crippen LogP) is 5.33. The number of nitrogens with zero attached hydrogens (tertiary/aromatic N) is 4. The van der Waals surface area contributed by atoms with Crippen LogP contribution >= 0.6 is 11.6 Å². The van der Waals surface area contributed by atoms with E-state index in [2.05, 4.69) is 10.1 Å². The molecule has 9 heteroatoms. The first kappa shape index (κ1) is 22.0. The van der Waals surface area contributed by atoms with E-state index in [0.29, 0.717) is 41.9 Å². The zero-order valence-electron chi connectivity index (χ0n) is 18.3. The number of halogens is 2. The van der Waals surface area contributed by atoms with Crippen LogP contribution in [0.5, 0.6) is 0 Å². The molecule has 1 aliphatic rings. The smallest absolute Gasteiger partial charge is 0.343 e. The monoisotopic (exact) mass is 478 g/mol. The Hall–Kier alpha value is -3.78. The predicted molar refractivity (Wildman–Crippen MR) is 125 cm³/mol. The van der Waals surface area contributed by atoms with Gasteiger partial charge in [0.2, 0.25) is 0 Å². The quantitative estimate of drug-likeness (QED) is 0.358. The number of hydrogen-bond acceptors (Lipinski definition) is 7. The highest BCUT2D eigenvalue weighted by Crippen LogP contribution is 2.34. The highest BCUT2D eigenvalue weighted by Gasteiger charge is 2.29. The summed E-state index contributed by atoms with van der Waals surface area (Å²) in [5.74, 6) is 0.692. The number of benzene rings is 2. The van der Waals surface area contributed by atoms with E-state index in [1.54, 1.807) is 31.2 Å². The lowest BCUT2D eigenvalue weighted by molar-refractivity contribution is 0.0526. The first-order valence-electron chi connectivity index (χ1n) is 10.8. The standard InChI is InChI=1S/C25H20ClFN4O3/c1-2-33-25(32)19-13-28-23(16-3-7-17(26)8-4-16)29-24(19)31-12-11-21-20(14-31)22(34-30-21)15-5-9-18(27)10-6-15/h3-10,13H,2,11-12,14H2,1H3. The Morgan fingerprint density at radius 3 is 2.62 bits per heavy atom. The van der Waals surface area contributed by atoms with Crippen LogP contribution in [0.25, 0.3) is 22.7 Å². The van der Waals surface area contributed by atoms with Crippen molar-refractivity contribution in [2.24, 2.45) is 0 Å². The second-order valence-corrected chi connectivity index (χ2v) is 8.21. The summed E-state index contributed by atoms with van der Waals surface area (Å²) < 4.78 is 24.3. The Morgan fingerprint density at radius 2 is 1.88 bits per heavy atom. The van der Waals surface area contributed by atoms with Crippen LogP contribution < -0.4 is 4.90 Å². The molecular formula is C25H20ClFN4O3. The summed E-state index contributed by atoms with van der Waals surface area (Å²) in [5, 5.41) is 4.82. The molecule has 2 aromatic heterocycles. The summed E-state index contributed by atoms with van der Waals surface area (Å²) in [6, 6.07) is 13.2. The van der Waals surface area contributed by atoms with Crippen molar-refractivity contribution in [3.8, 4) is 22.7 Å². The van der Waals surface area contributed by atoms with Crippen molar-refractivity contribution in [3.63, 3.8) is 0 Å². The summed E-state index contributed by atoms with van der Waals surface area (Å²) in [7, 11) is 0. The van der Waals surface area contributed by atoms with Crippen LogP contribution in [0, 0.1) is 5.82 Å². The van der Waals surface area contributed by atoms with Crippen LogP contribution in [0.1, 0.15) is 28.5 Å². The fourth-order valence-electron chi connectivity index (χ4n) is 3.93. The highest BCUT2D eigenvalue weighted by atomic mass is 35.5. The molecule has 3 heterocycles. The summed E-state index contributed by atoms with van der Waals surface area (Å²) in [5.41, 5.74) is 3.49. The van der Waals surface area contributed by atoms with Gasteiger partial charge in [-0.2, -0.15) is 0 Å². The Kier molecular flexibility index (Phi) is 5.98. The number of hydrogen-bond donors (Lipinski definition) is 0. The maximum Gasteiger partial charge on any atom is 0.343 e. The van der Waals surface area contributed by atoms with Gasteiger partial charge in [0.1, 0.15) is 17.2 Å². The molecule has 1 aliphatic heterocycles. The van der Waals surface area contributed by atoms with Crippen LogP contribution in [-0.4, -0.2) is 34.2 Å². The molecule has 4 aromatic rings. The van der Waals surface area contributed by atoms with Gasteiger partial charge < -0.3 is 14.2 Å². The van der Waals surface area contributed by atoms with Gasteiger partial charge in [-0.05, 0) is 55.5 Å². The normalized spacial score (nSPS) is 13.0. The lowest BCUT2D eigenvalue weighted by Crippen LogP contribution is -2.32. The van der Waals surface area contributed by atoms with Crippen LogP contribution in [0.15, 0.2) is 59.3 Å². The van der Waals surface area contributed by atoms with E-state index in [1.807, 2.05) is 17.0 Å². The van der Waals surface area contributed by atoms with Crippen molar-refractivity contribution in [1.29, 1.82) is 0 Å². The van der Waals surface area contributed by atoms with Crippen molar-refractivity contribution in [2.75, 3.05) is 18.1 Å². The van der Waals surface area contributed by atoms with E-state index >= 15 is 0 Å². The second-order valence-electron chi connectivity index (χ2n) is 7.77. The van der Waals surface area contributed by atoms with E-state index in [4.69, 9.17) is 25.8 Å². The summed E-state index contributed by atoms with van der Waals surface area (Å²) >= 11 is 6.02. The molecule has 5 rings (SSSR count). The zero-order valence-corrected chi connectivity index (χ0v) is 19.1. The van der Waals surface area contributed by atoms with Crippen LogP contribution in [0.3, 0.4) is 0 Å². The average Bonchev–Trinajstić information content (AvgIpc) is 3.28. The highest BCUT2D eigenvalue weighted by molar-refractivity contribution is 6.30. The van der Waals surface area contributed by atoms with Gasteiger partial charge in [0.25, 0.3) is 0 Å². The Labute approximate surface area is 200 Å². The molecule has 34 heavy (non-hydrogen) atoms. The maximum atomic E-state index is 13.4. The molecule has 0 spiro atoms. The number of carbonyl (C=O) groups is 1. The molecule has 0 atom stereocenters. The molecule has 0 bridgehead atoms. The van der Waals surface area contributed by atoms with Gasteiger partial charge in [0.05, 0.1) is 18.8 Å². The molecule has 0 saturated heterocycles. The number of ether oxygens (including phenoxy) is 1. The minimum Gasteiger partial charge on any atom is -0.462 e. The van der Waals surface area contributed by atoms with Gasteiger partial charge in [-0.15, -0.1) is 0 Å². The number of rotatable bonds is 5. The van der Waals surface area contributed by atoms with Crippen molar-refractivity contribution in [2.45, 2.75) is 19.9 Å². The third-order valence-corrected chi connectivity index (χ3v) is 5.86. The molecule has 0 radical (unpaired) electrons. The van der Waals surface area contributed by atoms with Crippen LogP contribution in [0.4, 0.5) is 10.2 Å². The fraction of sp³-hybridized carbons (Fsp3) is 0.200. The molecule has 0 amide bonds. The van der Waals surface area contributed by atoms with Crippen molar-refractivity contribution in [1.82, 2.24) is 15.1 Å². The SMILES string of the molecule is CCOC(=O)c1cnc(-c2ccc(Cl)cc2)nc1N1CCc2noc(-c3ccc(F)cc3)c2C1. The Bertz CT molecular complexity index is 1340.